The van der Waals surface area contributed by atoms with E-state index in [2.05, 4.69) is 22.3 Å². The van der Waals surface area contributed by atoms with Crippen LogP contribution >= 0.6 is 0 Å². The molecule has 0 spiro atoms. The highest BCUT2D eigenvalue weighted by molar-refractivity contribution is 5.96. The molecule has 0 atom stereocenters. The van der Waals surface area contributed by atoms with E-state index in [0.717, 1.165) is 38.1 Å². The van der Waals surface area contributed by atoms with Crippen LogP contribution in [0.3, 0.4) is 0 Å². The van der Waals surface area contributed by atoms with Crippen LogP contribution in [0.1, 0.15) is 31.7 Å². The Kier molecular flexibility index (Phi) is 6.50. The minimum atomic E-state index is -0.250. The quantitative estimate of drug-likeness (QED) is 0.811. The third-order valence-electron chi connectivity index (χ3n) is 5.30. The first-order valence-corrected chi connectivity index (χ1v) is 9.68. The number of imide groups is 1. The number of nitrogens with zero attached hydrogens (tertiary/aromatic N) is 2. The van der Waals surface area contributed by atoms with Gasteiger partial charge in [0.2, 0.25) is 5.91 Å². The summed E-state index contributed by atoms with van der Waals surface area (Å²) in [6, 6.07) is 8.14. The normalized spacial score (nSPS) is 18.8. The van der Waals surface area contributed by atoms with E-state index in [4.69, 9.17) is 4.74 Å². The molecule has 142 valence electrons. The predicted molar refractivity (Wildman–Crippen MR) is 100 cm³/mol. The lowest BCUT2D eigenvalue weighted by atomic mass is 9.90. The maximum Gasteiger partial charge on any atom is 0.324 e. The molecular formula is C20H29N3O3. The number of piperidine rings is 1. The van der Waals surface area contributed by atoms with Crippen molar-refractivity contribution in [3.63, 3.8) is 0 Å². The topological polar surface area (TPSA) is 61.9 Å². The van der Waals surface area contributed by atoms with Crippen molar-refractivity contribution in [3.05, 3.63) is 29.8 Å². The lowest BCUT2D eigenvalue weighted by molar-refractivity contribution is -0.129. The number of rotatable bonds is 7. The molecule has 3 amide bonds. The summed E-state index contributed by atoms with van der Waals surface area (Å²) in [5.74, 6) is 1.57. The summed E-state index contributed by atoms with van der Waals surface area (Å²) in [4.78, 5) is 27.3. The van der Waals surface area contributed by atoms with Gasteiger partial charge in [-0.1, -0.05) is 12.1 Å². The molecule has 2 fully saturated rings. The molecule has 2 aliphatic heterocycles. The summed E-state index contributed by atoms with van der Waals surface area (Å²) in [5.41, 5.74) is 1.35. The third kappa shape index (κ3) is 4.97. The van der Waals surface area contributed by atoms with Crippen molar-refractivity contribution in [1.82, 2.24) is 15.1 Å². The number of carbonyl (C=O) groups is 2. The Bertz CT molecular complexity index is 609. The maximum absolute atomic E-state index is 12.2. The highest BCUT2D eigenvalue weighted by Gasteiger charge is 2.28. The van der Waals surface area contributed by atoms with E-state index < -0.39 is 0 Å². The minimum absolute atomic E-state index is 0.0761. The van der Waals surface area contributed by atoms with Gasteiger partial charge in [0.05, 0.1) is 13.2 Å². The van der Waals surface area contributed by atoms with Gasteiger partial charge in [-0.15, -0.1) is 0 Å². The van der Waals surface area contributed by atoms with Crippen molar-refractivity contribution in [3.8, 4) is 5.75 Å². The first-order valence-electron chi connectivity index (χ1n) is 9.68. The fourth-order valence-electron chi connectivity index (χ4n) is 3.71. The summed E-state index contributed by atoms with van der Waals surface area (Å²) < 4.78 is 5.48. The van der Waals surface area contributed by atoms with Gasteiger partial charge in [0.25, 0.3) is 0 Å². The highest BCUT2D eigenvalue weighted by Crippen LogP contribution is 2.23. The second-order valence-electron chi connectivity index (χ2n) is 7.11. The summed E-state index contributed by atoms with van der Waals surface area (Å²) in [5, 5.41) is 2.68. The van der Waals surface area contributed by atoms with Gasteiger partial charge in [-0.2, -0.15) is 0 Å². The fourth-order valence-corrected chi connectivity index (χ4v) is 3.71. The maximum atomic E-state index is 12.2. The van der Waals surface area contributed by atoms with Crippen molar-refractivity contribution in [2.75, 3.05) is 39.3 Å². The minimum Gasteiger partial charge on any atom is -0.494 e. The molecule has 3 rings (SSSR count). The Morgan fingerprint density at radius 2 is 1.92 bits per heavy atom. The van der Waals surface area contributed by atoms with Crippen LogP contribution in [0.5, 0.6) is 5.75 Å². The summed E-state index contributed by atoms with van der Waals surface area (Å²) in [6.07, 6.45) is 4.52. The first kappa shape index (κ1) is 18.7. The number of likely N-dealkylation sites (tertiary alicyclic amines) is 1. The zero-order valence-electron chi connectivity index (χ0n) is 15.6. The Morgan fingerprint density at radius 3 is 2.54 bits per heavy atom. The fraction of sp³-hybridized carbons (Fsp3) is 0.600. The van der Waals surface area contributed by atoms with Gasteiger partial charge >= 0.3 is 6.03 Å². The van der Waals surface area contributed by atoms with Crippen LogP contribution in [-0.2, 0) is 11.2 Å². The van der Waals surface area contributed by atoms with E-state index in [1.54, 1.807) is 0 Å². The van der Waals surface area contributed by atoms with E-state index >= 15 is 0 Å². The van der Waals surface area contributed by atoms with Crippen LogP contribution in [-0.4, -0.2) is 61.1 Å². The van der Waals surface area contributed by atoms with Gasteiger partial charge in [0.1, 0.15) is 5.75 Å². The molecule has 26 heavy (non-hydrogen) atoms. The molecule has 1 N–H and O–H groups in total. The zero-order valence-corrected chi connectivity index (χ0v) is 15.6. The number of amides is 3. The van der Waals surface area contributed by atoms with Crippen LogP contribution in [0.25, 0.3) is 0 Å². The molecule has 0 radical (unpaired) electrons. The van der Waals surface area contributed by atoms with Gasteiger partial charge < -0.3 is 10.1 Å². The molecule has 6 heteroatoms. The van der Waals surface area contributed by atoms with Gasteiger partial charge in [0, 0.05) is 13.1 Å². The average Bonchev–Trinajstić information content (AvgIpc) is 3.09. The molecule has 0 bridgehead atoms. The Hall–Kier alpha value is -2.08. The van der Waals surface area contributed by atoms with Gasteiger partial charge in [-0.05, 0) is 69.3 Å². The van der Waals surface area contributed by atoms with Gasteiger partial charge in [-0.3, -0.25) is 14.6 Å². The van der Waals surface area contributed by atoms with E-state index in [-0.39, 0.29) is 11.9 Å². The summed E-state index contributed by atoms with van der Waals surface area (Å²) in [7, 11) is 0. The Morgan fingerprint density at radius 1 is 1.19 bits per heavy atom. The number of urea groups is 1. The molecule has 2 saturated heterocycles. The predicted octanol–water partition coefficient (Wildman–Crippen LogP) is 2.28. The highest BCUT2D eigenvalue weighted by atomic mass is 16.5. The molecule has 6 nitrogen and oxygen atoms in total. The van der Waals surface area contributed by atoms with E-state index in [1.807, 2.05) is 19.1 Å². The molecule has 1 aromatic carbocycles. The van der Waals surface area contributed by atoms with Crippen LogP contribution in [0.4, 0.5) is 4.79 Å². The number of carbonyl (C=O) groups excluding carboxylic acids is 2. The summed E-state index contributed by atoms with van der Waals surface area (Å²) >= 11 is 0. The largest absolute Gasteiger partial charge is 0.494 e. The molecular weight excluding hydrogens is 330 g/mol. The van der Waals surface area contributed by atoms with E-state index in [0.29, 0.717) is 32.2 Å². The third-order valence-corrected chi connectivity index (χ3v) is 5.30. The van der Waals surface area contributed by atoms with Crippen LogP contribution in [0.2, 0.25) is 0 Å². The number of benzene rings is 1. The molecule has 2 aliphatic rings. The molecule has 0 aliphatic carbocycles. The Labute approximate surface area is 155 Å². The number of hydrogen-bond donors (Lipinski definition) is 1. The standard InChI is InChI=1S/C20H29N3O3/c1-2-26-18-7-5-16(6-8-18)3-4-17-9-12-22(13-10-17)15-19(24)23-14-11-21-20(23)25/h5-8,17H,2-4,9-15H2,1H3,(H,21,25). The van der Waals surface area contributed by atoms with E-state index in [1.165, 1.54) is 16.9 Å². The van der Waals surface area contributed by atoms with Crippen LogP contribution in [0.15, 0.2) is 24.3 Å². The van der Waals surface area contributed by atoms with Crippen LogP contribution in [0, 0.1) is 5.92 Å². The Balaban J connectivity index is 1.37. The molecule has 0 aromatic heterocycles. The van der Waals surface area contributed by atoms with Crippen LogP contribution < -0.4 is 10.1 Å². The smallest absolute Gasteiger partial charge is 0.324 e. The molecule has 2 heterocycles. The second-order valence-corrected chi connectivity index (χ2v) is 7.11. The van der Waals surface area contributed by atoms with Crippen molar-refractivity contribution < 1.29 is 14.3 Å². The van der Waals surface area contributed by atoms with Crippen molar-refractivity contribution in [2.24, 2.45) is 5.92 Å². The zero-order chi connectivity index (χ0) is 18.4. The SMILES string of the molecule is CCOc1ccc(CCC2CCN(CC(=O)N3CCNC3=O)CC2)cc1. The molecule has 0 unspecified atom stereocenters. The van der Waals surface area contributed by atoms with Crippen molar-refractivity contribution in [2.45, 2.75) is 32.6 Å². The van der Waals surface area contributed by atoms with Crippen molar-refractivity contribution >= 4 is 11.9 Å². The van der Waals surface area contributed by atoms with Crippen molar-refractivity contribution in [1.29, 1.82) is 0 Å². The van der Waals surface area contributed by atoms with Gasteiger partial charge in [-0.25, -0.2) is 4.79 Å². The molecule has 1 aromatic rings. The van der Waals surface area contributed by atoms with Gasteiger partial charge in [0.15, 0.2) is 0 Å². The average molecular weight is 359 g/mol. The van der Waals surface area contributed by atoms with E-state index in [9.17, 15) is 9.59 Å². The monoisotopic (exact) mass is 359 g/mol. The number of ether oxygens (including phenoxy) is 1. The molecule has 0 saturated carbocycles. The lowest BCUT2D eigenvalue weighted by Crippen LogP contribution is -2.44. The lowest BCUT2D eigenvalue weighted by Gasteiger charge is -2.32. The summed E-state index contributed by atoms with van der Waals surface area (Å²) in [6.45, 7) is 5.99. The number of nitrogens with one attached hydrogen (secondary N) is 1. The number of hydrogen-bond acceptors (Lipinski definition) is 4. The second kappa shape index (κ2) is 9.03. The first-order chi connectivity index (χ1) is 12.7. The number of aryl methyl sites for hydroxylation is 1.